The van der Waals surface area contributed by atoms with Crippen LogP contribution in [0.4, 0.5) is 0 Å². The summed E-state index contributed by atoms with van der Waals surface area (Å²) in [6, 6.07) is 0.625. The summed E-state index contributed by atoms with van der Waals surface area (Å²) in [5.74, 6) is 0. The molecule has 0 amide bonds. The quantitative estimate of drug-likeness (QED) is 0.729. The normalized spacial score (nSPS) is 22.9. The molecule has 0 saturated heterocycles. The first-order chi connectivity index (χ1) is 6.63. The maximum atomic E-state index is 3.65. The predicted molar refractivity (Wildman–Crippen MR) is 62.6 cm³/mol. The second kappa shape index (κ2) is 5.13. The minimum atomic E-state index is 0.426. The summed E-state index contributed by atoms with van der Waals surface area (Å²) < 4.78 is 0. The Balaban J connectivity index is 2.57. The summed E-state index contributed by atoms with van der Waals surface area (Å²) in [6.07, 6.45) is 6.75. The molecule has 1 unspecified atom stereocenters. The van der Waals surface area contributed by atoms with Crippen molar-refractivity contribution in [3.05, 3.63) is 0 Å². The van der Waals surface area contributed by atoms with Gasteiger partial charge in [-0.3, -0.25) is 0 Å². The van der Waals surface area contributed by atoms with Crippen LogP contribution in [0, 0.1) is 0 Å². The molecule has 1 rings (SSSR count). The number of nitrogens with one attached hydrogen (secondary N) is 1. The molecule has 0 aromatic heterocycles. The van der Waals surface area contributed by atoms with Gasteiger partial charge in [-0.1, -0.05) is 19.8 Å². The molecule has 0 radical (unpaired) electrons. The number of rotatable bonds is 5. The van der Waals surface area contributed by atoms with E-state index in [1.54, 1.807) is 0 Å². The van der Waals surface area contributed by atoms with Crippen LogP contribution in [0.1, 0.15) is 46.0 Å². The molecule has 0 spiro atoms. The van der Waals surface area contributed by atoms with Gasteiger partial charge >= 0.3 is 0 Å². The Morgan fingerprint density at radius 1 is 1.29 bits per heavy atom. The Kier molecular flexibility index (Phi) is 4.39. The van der Waals surface area contributed by atoms with E-state index < -0.39 is 0 Å². The van der Waals surface area contributed by atoms with E-state index in [1.165, 1.54) is 32.1 Å². The summed E-state index contributed by atoms with van der Waals surface area (Å²) in [5.41, 5.74) is 0.426. The summed E-state index contributed by atoms with van der Waals surface area (Å²) in [6.45, 7) is 5.73. The van der Waals surface area contributed by atoms with E-state index in [2.05, 4.69) is 38.2 Å². The third kappa shape index (κ3) is 2.29. The highest BCUT2D eigenvalue weighted by atomic mass is 15.2. The van der Waals surface area contributed by atoms with Gasteiger partial charge in [0.1, 0.15) is 0 Å². The van der Waals surface area contributed by atoms with E-state index in [4.69, 9.17) is 0 Å². The minimum Gasteiger partial charge on any atom is -0.312 e. The molecule has 1 saturated carbocycles. The van der Waals surface area contributed by atoms with Crippen LogP contribution < -0.4 is 5.32 Å². The number of nitrogens with zero attached hydrogens (tertiary/aromatic N) is 1. The topological polar surface area (TPSA) is 15.3 Å². The molecule has 2 heteroatoms. The van der Waals surface area contributed by atoms with E-state index >= 15 is 0 Å². The van der Waals surface area contributed by atoms with Crippen molar-refractivity contribution in [2.45, 2.75) is 57.5 Å². The maximum absolute atomic E-state index is 3.65. The third-order valence-corrected chi connectivity index (χ3v) is 3.87. The number of hydrogen-bond donors (Lipinski definition) is 1. The highest BCUT2D eigenvalue weighted by Crippen LogP contribution is 2.36. The molecule has 0 aromatic rings. The summed E-state index contributed by atoms with van der Waals surface area (Å²) in [7, 11) is 4.46. The maximum Gasteiger partial charge on any atom is 0.0353 e. The molecule has 1 atom stereocenters. The molecule has 0 bridgehead atoms. The predicted octanol–water partition coefficient (Wildman–Crippen LogP) is 2.25. The van der Waals surface area contributed by atoms with Gasteiger partial charge < -0.3 is 10.2 Å². The first-order valence-electron chi connectivity index (χ1n) is 6.04. The van der Waals surface area contributed by atoms with Crippen LogP contribution in [-0.2, 0) is 0 Å². The van der Waals surface area contributed by atoms with Crippen LogP contribution >= 0.6 is 0 Å². The Morgan fingerprint density at radius 3 is 2.29 bits per heavy atom. The van der Waals surface area contributed by atoms with E-state index in [1.807, 2.05) is 0 Å². The van der Waals surface area contributed by atoms with Gasteiger partial charge in [0.05, 0.1) is 0 Å². The highest BCUT2D eigenvalue weighted by Gasteiger charge is 2.40. The van der Waals surface area contributed by atoms with E-state index in [-0.39, 0.29) is 0 Å². The zero-order valence-electron chi connectivity index (χ0n) is 10.3. The molecule has 84 valence electrons. The lowest BCUT2D eigenvalue weighted by Gasteiger charge is -2.42. The summed E-state index contributed by atoms with van der Waals surface area (Å²) in [5, 5.41) is 3.65. The standard InChI is InChI=1S/C12H26N2/c1-5-10-13-11(2)12(14(3)4)8-6-7-9-12/h11,13H,5-10H2,1-4H3. The number of hydrogen-bond acceptors (Lipinski definition) is 2. The lowest BCUT2D eigenvalue weighted by atomic mass is 9.88. The Morgan fingerprint density at radius 2 is 1.86 bits per heavy atom. The average molecular weight is 198 g/mol. The number of likely N-dealkylation sites (N-methyl/N-ethyl adjacent to an activating group) is 1. The Labute approximate surface area is 89.1 Å². The Hall–Kier alpha value is -0.0800. The molecule has 1 fully saturated rings. The fourth-order valence-electron chi connectivity index (χ4n) is 2.81. The van der Waals surface area contributed by atoms with Gasteiger partial charge in [0.25, 0.3) is 0 Å². The third-order valence-electron chi connectivity index (χ3n) is 3.87. The molecule has 0 heterocycles. The van der Waals surface area contributed by atoms with Crippen molar-refractivity contribution in [1.29, 1.82) is 0 Å². The lowest BCUT2D eigenvalue weighted by Crippen LogP contribution is -2.56. The van der Waals surface area contributed by atoms with Crippen molar-refractivity contribution in [3.8, 4) is 0 Å². The summed E-state index contributed by atoms with van der Waals surface area (Å²) in [4.78, 5) is 2.44. The van der Waals surface area contributed by atoms with Crippen molar-refractivity contribution in [3.63, 3.8) is 0 Å². The molecule has 14 heavy (non-hydrogen) atoms. The van der Waals surface area contributed by atoms with Gasteiger partial charge in [0.2, 0.25) is 0 Å². The second-order valence-electron chi connectivity index (χ2n) is 4.88. The molecular weight excluding hydrogens is 172 g/mol. The summed E-state index contributed by atoms with van der Waals surface area (Å²) >= 11 is 0. The van der Waals surface area contributed by atoms with E-state index in [9.17, 15) is 0 Å². The van der Waals surface area contributed by atoms with Crippen molar-refractivity contribution in [2.75, 3.05) is 20.6 Å². The molecule has 1 aliphatic carbocycles. The average Bonchev–Trinajstić information content (AvgIpc) is 2.63. The van der Waals surface area contributed by atoms with Gasteiger partial charge in [-0.25, -0.2) is 0 Å². The van der Waals surface area contributed by atoms with Gasteiger partial charge in [0.15, 0.2) is 0 Å². The van der Waals surface area contributed by atoms with Gasteiger partial charge in [0, 0.05) is 11.6 Å². The molecule has 0 aromatic carbocycles. The van der Waals surface area contributed by atoms with E-state index in [0.717, 1.165) is 6.54 Å². The van der Waals surface area contributed by atoms with Crippen molar-refractivity contribution < 1.29 is 0 Å². The van der Waals surface area contributed by atoms with E-state index in [0.29, 0.717) is 11.6 Å². The van der Waals surface area contributed by atoms with Gasteiger partial charge in [-0.15, -0.1) is 0 Å². The Bertz CT molecular complexity index is 160. The molecule has 1 aliphatic rings. The first-order valence-corrected chi connectivity index (χ1v) is 6.04. The lowest BCUT2D eigenvalue weighted by molar-refractivity contribution is 0.113. The second-order valence-corrected chi connectivity index (χ2v) is 4.88. The van der Waals surface area contributed by atoms with Gasteiger partial charge in [-0.2, -0.15) is 0 Å². The van der Waals surface area contributed by atoms with Crippen LogP contribution in [0.25, 0.3) is 0 Å². The largest absolute Gasteiger partial charge is 0.312 e. The molecular formula is C12H26N2. The molecule has 2 nitrogen and oxygen atoms in total. The van der Waals surface area contributed by atoms with Crippen LogP contribution in [-0.4, -0.2) is 37.1 Å². The van der Waals surface area contributed by atoms with Crippen LogP contribution in [0.2, 0.25) is 0 Å². The SMILES string of the molecule is CCCNC(C)C1(N(C)C)CCCC1. The van der Waals surface area contributed by atoms with Crippen molar-refractivity contribution >= 4 is 0 Å². The zero-order valence-corrected chi connectivity index (χ0v) is 10.3. The first kappa shape index (κ1) is 12.0. The van der Waals surface area contributed by atoms with Crippen LogP contribution in [0.3, 0.4) is 0 Å². The fourth-order valence-corrected chi connectivity index (χ4v) is 2.81. The molecule has 0 aliphatic heterocycles. The zero-order chi connectivity index (χ0) is 10.6. The van der Waals surface area contributed by atoms with Gasteiger partial charge in [-0.05, 0) is 46.8 Å². The minimum absolute atomic E-state index is 0.426. The highest BCUT2D eigenvalue weighted by molar-refractivity contribution is 4.99. The smallest absolute Gasteiger partial charge is 0.0353 e. The van der Waals surface area contributed by atoms with Crippen LogP contribution in [0.5, 0.6) is 0 Å². The van der Waals surface area contributed by atoms with Crippen molar-refractivity contribution in [2.24, 2.45) is 0 Å². The van der Waals surface area contributed by atoms with Crippen molar-refractivity contribution in [1.82, 2.24) is 10.2 Å². The monoisotopic (exact) mass is 198 g/mol. The molecule has 1 N–H and O–H groups in total. The van der Waals surface area contributed by atoms with Crippen LogP contribution in [0.15, 0.2) is 0 Å². The fraction of sp³-hybridized carbons (Fsp3) is 1.00.